The Kier molecular flexibility index (Phi) is 4.97. The van der Waals surface area contributed by atoms with Gasteiger partial charge in [-0.2, -0.15) is 13.2 Å². The Hall–Kier alpha value is -2.97. The highest BCUT2D eigenvalue weighted by atomic mass is 19.4. The van der Waals surface area contributed by atoms with Crippen molar-refractivity contribution in [2.75, 3.05) is 19.8 Å². The van der Waals surface area contributed by atoms with Crippen LogP contribution >= 0.6 is 0 Å². The summed E-state index contributed by atoms with van der Waals surface area (Å²) < 4.78 is 50.7. The van der Waals surface area contributed by atoms with Gasteiger partial charge >= 0.3 is 6.18 Å². The Morgan fingerprint density at radius 2 is 1.86 bits per heavy atom. The molecule has 9 heteroatoms. The van der Waals surface area contributed by atoms with E-state index in [-0.39, 0.29) is 6.04 Å². The van der Waals surface area contributed by atoms with E-state index in [1.165, 1.54) is 0 Å². The Morgan fingerprint density at radius 1 is 1.10 bits per heavy atom. The number of halogens is 3. The maximum Gasteiger partial charge on any atom is 0.417 e. The van der Waals surface area contributed by atoms with Crippen LogP contribution in [-0.2, 0) is 17.5 Å². The summed E-state index contributed by atoms with van der Waals surface area (Å²) >= 11 is 0. The van der Waals surface area contributed by atoms with Crippen molar-refractivity contribution >= 4 is 5.91 Å². The van der Waals surface area contributed by atoms with Gasteiger partial charge in [-0.1, -0.05) is 6.07 Å². The lowest BCUT2D eigenvalue weighted by Crippen LogP contribution is -2.36. The largest absolute Gasteiger partial charge is 0.486 e. The van der Waals surface area contributed by atoms with Gasteiger partial charge in [0.25, 0.3) is 5.56 Å². The Labute approximate surface area is 164 Å². The zero-order valence-corrected chi connectivity index (χ0v) is 15.4. The lowest BCUT2D eigenvalue weighted by atomic mass is 10.0. The van der Waals surface area contributed by atoms with Crippen molar-refractivity contribution in [3.8, 4) is 11.5 Å². The van der Waals surface area contributed by atoms with Gasteiger partial charge in [0, 0.05) is 18.8 Å². The summed E-state index contributed by atoms with van der Waals surface area (Å²) in [4.78, 5) is 26.4. The molecule has 154 valence electrons. The van der Waals surface area contributed by atoms with Gasteiger partial charge in [-0.05, 0) is 36.6 Å². The van der Waals surface area contributed by atoms with Crippen LogP contribution in [0.25, 0.3) is 0 Å². The molecule has 1 atom stereocenters. The molecule has 2 aliphatic rings. The maximum absolute atomic E-state index is 12.9. The first-order valence-electron chi connectivity index (χ1n) is 9.29. The number of pyridine rings is 1. The highest BCUT2D eigenvalue weighted by molar-refractivity contribution is 5.77. The average Bonchev–Trinajstić information content (AvgIpc) is 3.18. The number of ether oxygens (including phenoxy) is 2. The van der Waals surface area contributed by atoms with E-state index in [9.17, 15) is 22.8 Å². The quantitative estimate of drug-likeness (QED) is 0.784. The molecule has 0 bridgehead atoms. The molecule has 0 saturated carbocycles. The van der Waals surface area contributed by atoms with Crippen molar-refractivity contribution in [2.24, 2.45) is 0 Å². The highest BCUT2D eigenvalue weighted by Crippen LogP contribution is 2.38. The summed E-state index contributed by atoms with van der Waals surface area (Å²) in [6.07, 6.45) is -2.40. The van der Waals surface area contributed by atoms with E-state index in [4.69, 9.17) is 9.47 Å². The SMILES string of the molecule is O=C(Cn1cc(C(F)(F)F)ccc1=O)N1CCCC1c1ccc2c(c1)OCCO2. The number of benzene rings is 1. The number of hydrogen-bond acceptors (Lipinski definition) is 4. The van der Waals surface area contributed by atoms with Gasteiger partial charge in [-0.15, -0.1) is 0 Å². The maximum atomic E-state index is 12.9. The van der Waals surface area contributed by atoms with Crippen LogP contribution in [0.2, 0.25) is 0 Å². The fraction of sp³-hybridized carbons (Fsp3) is 0.400. The van der Waals surface area contributed by atoms with Gasteiger partial charge in [0.2, 0.25) is 5.91 Å². The summed E-state index contributed by atoms with van der Waals surface area (Å²) in [5.74, 6) is 0.859. The van der Waals surface area contributed by atoms with Crippen molar-refractivity contribution in [3.63, 3.8) is 0 Å². The van der Waals surface area contributed by atoms with E-state index in [1.807, 2.05) is 12.1 Å². The average molecular weight is 408 g/mol. The van der Waals surface area contributed by atoms with Crippen LogP contribution in [0.1, 0.15) is 30.0 Å². The molecule has 1 unspecified atom stereocenters. The first-order valence-corrected chi connectivity index (χ1v) is 9.29. The second-order valence-corrected chi connectivity index (χ2v) is 7.03. The predicted molar refractivity (Wildman–Crippen MR) is 96.8 cm³/mol. The minimum Gasteiger partial charge on any atom is -0.486 e. The molecule has 0 aliphatic carbocycles. The molecule has 4 rings (SSSR count). The number of alkyl halides is 3. The first-order chi connectivity index (χ1) is 13.8. The minimum atomic E-state index is -4.58. The topological polar surface area (TPSA) is 60.8 Å². The number of carbonyl (C=O) groups is 1. The number of nitrogens with zero attached hydrogens (tertiary/aromatic N) is 2. The second-order valence-electron chi connectivity index (χ2n) is 7.03. The number of carbonyl (C=O) groups excluding carboxylic acids is 1. The molecule has 2 aromatic rings. The van der Waals surface area contributed by atoms with Crippen molar-refractivity contribution in [2.45, 2.75) is 31.6 Å². The first kappa shape index (κ1) is 19.4. The summed E-state index contributed by atoms with van der Waals surface area (Å²) in [7, 11) is 0. The summed E-state index contributed by atoms with van der Waals surface area (Å²) in [5.41, 5.74) is -0.743. The molecule has 29 heavy (non-hydrogen) atoms. The zero-order chi connectivity index (χ0) is 20.6. The molecule has 1 saturated heterocycles. The summed E-state index contributed by atoms with van der Waals surface area (Å²) in [6.45, 7) is 0.962. The van der Waals surface area contributed by atoms with Crippen LogP contribution in [0.3, 0.4) is 0 Å². The molecule has 0 radical (unpaired) electrons. The number of aromatic nitrogens is 1. The molecule has 1 fully saturated rings. The van der Waals surface area contributed by atoms with E-state index < -0.39 is 29.8 Å². The molecule has 0 spiro atoms. The van der Waals surface area contributed by atoms with Gasteiger partial charge < -0.3 is 18.9 Å². The van der Waals surface area contributed by atoms with Crippen LogP contribution in [0.5, 0.6) is 11.5 Å². The summed E-state index contributed by atoms with van der Waals surface area (Å²) in [5, 5.41) is 0. The molecule has 3 heterocycles. The molecular formula is C20H19F3N2O4. The Morgan fingerprint density at radius 3 is 2.62 bits per heavy atom. The number of likely N-dealkylation sites (tertiary alicyclic amines) is 1. The standard InChI is InChI=1S/C20H19F3N2O4/c21-20(22,23)14-4-6-18(26)24(11-14)12-19(27)25-7-1-2-15(25)13-3-5-16-17(10-13)29-9-8-28-16/h3-6,10-11,15H,1-2,7-9,12H2. The third-order valence-electron chi connectivity index (χ3n) is 5.14. The molecule has 0 N–H and O–H groups in total. The van der Waals surface area contributed by atoms with E-state index >= 15 is 0 Å². The van der Waals surface area contributed by atoms with E-state index in [0.29, 0.717) is 37.5 Å². The van der Waals surface area contributed by atoms with Crippen LogP contribution in [0.4, 0.5) is 13.2 Å². The number of fused-ring (bicyclic) bond motifs is 1. The van der Waals surface area contributed by atoms with E-state index in [1.54, 1.807) is 11.0 Å². The smallest absolute Gasteiger partial charge is 0.417 e. The molecular weight excluding hydrogens is 389 g/mol. The van der Waals surface area contributed by atoms with Crippen molar-refractivity contribution in [3.05, 3.63) is 58.0 Å². The monoisotopic (exact) mass is 408 g/mol. The predicted octanol–water partition coefficient (Wildman–Crippen LogP) is 3.00. The zero-order valence-electron chi connectivity index (χ0n) is 15.4. The molecule has 1 aromatic heterocycles. The number of hydrogen-bond donors (Lipinski definition) is 0. The van der Waals surface area contributed by atoms with E-state index in [0.717, 1.165) is 35.1 Å². The lowest BCUT2D eigenvalue weighted by molar-refractivity contribution is -0.139. The van der Waals surface area contributed by atoms with E-state index in [2.05, 4.69) is 0 Å². The fourth-order valence-electron chi connectivity index (χ4n) is 3.74. The lowest BCUT2D eigenvalue weighted by Gasteiger charge is -2.27. The van der Waals surface area contributed by atoms with Gasteiger partial charge in [0.05, 0.1) is 11.6 Å². The van der Waals surface area contributed by atoms with Crippen molar-refractivity contribution in [1.82, 2.24) is 9.47 Å². The molecule has 2 aliphatic heterocycles. The van der Waals surface area contributed by atoms with Crippen LogP contribution < -0.4 is 15.0 Å². The van der Waals surface area contributed by atoms with Crippen LogP contribution in [0, 0.1) is 0 Å². The third kappa shape index (κ3) is 3.94. The van der Waals surface area contributed by atoms with Gasteiger partial charge in [-0.25, -0.2) is 0 Å². The van der Waals surface area contributed by atoms with Crippen LogP contribution in [0.15, 0.2) is 41.3 Å². The highest BCUT2D eigenvalue weighted by Gasteiger charge is 2.33. The molecule has 1 amide bonds. The van der Waals surface area contributed by atoms with Crippen molar-refractivity contribution < 1.29 is 27.4 Å². The van der Waals surface area contributed by atoms with Gasteiger partial charge in [-0.3, -0.25) is 9.59 Å². The van der Waals surface area contributed by atoms with Gasteiger partial charge in [0.15, 0.2) is 11.5 Å². The number of amides is 1. The molecule has 6 nitrogen and oxygen atoms in total. The fourth-order valence-corrected chi connectivity index (χ4v) is 3.74. The second kappa shape index (κ2) is 7.46. The Bertz CT molecular complexity index is 986. The molecule has 1 aromatic carbocycles. The third-order valence-corrected chi connectivity index (χ3v) is 5.14. The van der Waals surface area contributed by atoms with Gasteiger partial charge in [0.1, 0.15) is 19.8 Å². The number of rotatable bonds is 3. The summed E-state index contributed by atoms with van der Waals surface area (Å²) in [6, 6.07) is 6.82. The Balaban J connectivity index is 1.55. The normalized spacial score (nSPS) is 18.7. The van der Waals surface area contributed by atoms with Crippen LogP contribution in [-0.4, -0.2) is 35.1 Å². The minimum absolute atomic E-state index is 0.222. The van der Waals surface area contributed by atoms with Crippen molar-refractivity contribution in [1.29, 1.82) is 0 Å².